The molecule has 0 aliphatic heterocycles. The van der Waals surface area contributed by atoms with Crippen LogP contribution in [0.25, 0.3) is 0 Å². The van der Waals surface area contributed by atoms with Gasteiger partial charge in [0.25, 0.3) is 0 Å². The summed E-state index contributed by atoms with van der Waals surface area (Å²) in [5.74, 6) is 0. The average Bonchev–Trinajstić information content (AvgIpc) is 2.63. The predicted octanol–water partition coefficient (Wildman–Crippen LogP) is 6.03. The summed E-state index contributed by atoms with van der Waals surface area (Å²) < 4.78 is 12.1. The zero-order valence-corrected chi connectivity index (χ0v) is 17.7. The van der Waals surface area contributed by atoms with Gasteiger partial charge < -0.3 is 9.47 Å². The second-order valence-electron chi connectivity index (χ2n) is 4.74. The van der Waals surface area contributed by atoms with Gasteiger partial charge in [0.15, 0.2) is 0 Å². The molecule has 3 nitrogen and oxygen atoms in total. The number of benzene rings is 1. The van der Waals surface area contributed by atoms with Crippen LogP contribution >= 0.6 is 15.9 Å². The number of hydrogen-bond donors (Lipinski definition) is 0. The Bertz CT molecular complexity index is 419. The molecular formula is C20H34BrNO2. The van der Waals surface area contributed by atoms with Crippen LogP contribution < -0.4 is 0 Å². The van der Waals surface area contributed by atoms with Crippen LogP contribution in [0.15, 0.2) is 45.9 Å². The molecule has 0 aliphatic rings. The van der Waals surface area contributed by atoms with E-state index < -0.39 is 0 Å². The van der Waals surface area contributed by atoms with E-state index in [1.165, 1.54) is 5.56 Å². The van der Waals surface area contributed by atoms with Gasteiger partial charge in [-0.2, -0.15) is 0 Å². The molecule has 0 aliphatic carbocycles. The Labute approximate surface area is 157 Å². The van der Waals surface area contributed by atoms with Crippen LogP contribution in [0, 0.1) is 0 Å². The monoisotopic (exact) mass is 399 g/mol. The van der Waals surface area contributed by atoms with Gasteiger partial charge in [0, 0.05) is 24.4 Å². The molecule has 1 aromatic rings. The van der Waals surface area contributed by atoms with Crippen LogP contribution in [0.2, 0.25) is 0 Å². The molecule has 0 fully saturated rings. The van der Waals surface area contributed by atoms with Crippen molar-refractivity contribution in [2.75, 3.05) is 20.3 Å². The van der Waals surface area contributed by atoms with E-state index in [1.807, 2.05) is 52.0 Å². The van der Waals surface area contributed by atoms with E-state index in [0.29, 0.717) is 13.2 Å². The number of rotatable bonds is 8. The summed E-state index contributed by atoms with van der Waals surface area (Å²) >= 11 is 3.25. The fourth-order valence-electron chi connectivity index (χ4n) is 1.45. The molecule has 1 aromatic carbocycles. The zero-order chi connectivity index (χ0) is 18.6. The molecular weight excluding hydrogens is 366 g/mol. The molecule has 24 heavy (non-hydrogen) atoms. The molecule has 0 amide bonds. The fourth-order valence-corrected chi connectivity index (χ4v) is 1.66. The summed E-state index contributed by atoms with van der Waals surface area (Å²) in [5.41, 5.74) is 1.21. The van der Waals surface area contributed by atoms with Gasteiger partial charge in [-0.3, -0.25) is 4.99 Å². The Morgan fingerprint density at radius 3 is 2.33 bits per heavy atom. The van der Waals surface area contributed by atoms with Crippen LogP contribution in [-0.4, -0.2) is 32.6 Å². The number of aliphatic imine (C=N–C) groups is 1. The maximum absolute atomic E-state index is 5.65. The van der Waals surface area contributed by atoms with E-state index in [1.54, 1.807) is 13.3 Å². The van der Waals surface area contributed by atoms with Gasteiger partial charge in [0.05, 0.1) is 19.3 Å². The molecule has 0 N–H and O–H groups in total. The summed E-state index contributed by atoms with van der Waals surface area (Å²) in [6.07, 6.45) is 4.91. The third-order valence-corrected chi connectivity index (χ3v) is 3.27. The van der Waals surface area contributed by atoms with E-state index in [4.69, 9.17) is 9.47 Å². The molecule has 1 atom stereocenters. The maximum Gasteiger partial charge on any atom is 0.0785 e. The molecule has 0 saturated heterocycles. The first-order valence-corrected chi connectivity index (χ1v) is 9.40. The minimum absolute atomic E-state index is 0.164. The lowest BCUT2D eigenvalue weighted by molar-refractivity contribution is -0.0145. The van der Waals surface area contributed by atoms with Crippen molar-refractivity contribution in [2.24, 2.45) is 4.99 Å². The van der Waals surface area contributed by atoms with Gasteiger partial charge in [0.2, 0.25) is 0 Å². The number of ether oxygens (including phenoxy) is 2. The molecule has 138 valence electrons. The summed E-state index contributed by atoms with van der Waals surface area (Å²) in [6.45, 7) is 12.3. The number of halogens is 1. The van der Waals surface area contributed by atoms with Crippen molar-refractivity contribution < 1.29 is 9.47 Å². The fraction of sp³-hybridized carbons (Fsp3) is 0.550. The van der Waals surface area contributed by atoms with Crippen LogP contribution in [0.5, 0.6) is 0 Å². The van der Waals surface area contributed by atoms with Crippen molar-refractivity contribution in [3.05, 3.63) is 46.5 Å². The van der Waals surface area contributed by atoms with Crippen molar-refractivity contribution in [1.29, 1.82) is 0 Å². The minimum Gasteiger partial charge on any atom is -0.379 e. The standard InChI is InChI=1S/C13H20O2.C5H8BrN.C2H6/c1-3-9-14-10-12(2)15-11-13-7-5-4-6-8-13;1-3-5(6)4-7-2;1-2/h4-8,12H,3,9-11H2,1-2H3;3-4H,1-2H3;1-2H3/b;5-3+,7-4?;. The lowest BCUT2D eigenvalue weighted by Crippen LogP contribution is -2.16. The van der Waals surface area contributed by atoms with Crippen LogP contribution in [-0.2, 0) is 16.1 Å². The van der Waals surface area contributed by atoms with Gasteiger partial charge >= 0.3 is 0 Å². The average molecular weight is 400 g/mol. The van der Waals surface area contributed by atoms with Gasteiger partial charge in [-0.25, -0.2) is 0 Å². The molecule has 4 heteroatoms. The quantitative estimate of drug-likeness (QED) is 0.394. The normalized spacial score (nSPS) is 12.0. The van der Waals surface area contributed by atoms with Crippen LogP contribution in [0.3, 0.4) is 0 Å². The third-order valence-electron chi connectivity index (χ3n) is 2.61. The minimum atomic E-state index is 0.164. The van der Waals surface area contributed by atoms with E-state index in [0.717, 1.165) is 17.5 Å². The van der Waals surface area contributed by atoms with Gasteiger partial charge in [0.1, 0.15) is 0 Å². The van der Waals surface area contributed by atoms with Crippen molar-refractivity contribution >= 4 is 22.1 Å². The van der Waals surface area contributed by atoms with E-state index in [2.05, 4.69) is 40.0 Å². The Morgan fingerprint density at radius 2 is 1.88 bits per heavy atom. The summed E-state index contributed by atoms with van der Waals surface area (Å²) in [4.78, 5) is 3.77. The summed E-state index contributed by atoms with van der Waals surface area (Å²) in [7, 11) is 1.74. The molecule has 0 heterocycles. The number of hydrogen-bond acceptors (Lipinski definition) is 3. The molecule has 1 unspecified atom stereocenters. The molecule has 0 saturated carbocycles. The molecule has 0 bridgehead atoms. The Balaban J connectivity index is 0. The largest absolute Gasteiger partial charge is 0.379 e. The first-order chi connectivity index (χ1) is 11.6. The topological polar surface area (TPSA) is 30.8 Å². The highest BCUT2D eigenvalue weighted by Crippen LogP contribution is 2.03. The lowest BCUT2D eigenvalue weighted by atomic mass is 10.2. The second kappa shape index (κ2) is 20.1. The Hall–Kier alpha value is -0.970. The Kier molecular flexibility index (Phi) is 21.1. The highest BCUT2D eigenvalue weighted by molar-refractivity contribution is 9.12. The molecule has 0 aromatic heterocycles. The SMILES string of the molecule is C/C=C(/Br)C=NC.CC.CCCOCC(C)OCc1ccccc1. The van der Waals surface area contributed by atoms with Crippen LogP contribution in [0.1, 0.15) is 46.6 Å². The first-order valence-electron chi connectivity index (χ1n) is 8.61. The van der Waals surface area contributed by atoms with E-state index >= 15 is 0 Å². The summed E-state index contributed by atoms with van der Waals surface area (Å²) in [5, 5.41) is 0. The Morgan fingerprint density at radius 1 is 1.25 bits per heavy atom. The molecule has 0 spiro atoms. The lowest BCUT2D eigenvalue weighted by Gasteiger charge is -2.13. The predicted molar refractivity (Wildman–Crippen MR) is 110 cm³/mol. The molecule has 1 rings (SSSR count). The van der Waals surface area contributed by atoms with Crippen molar-refractivity contribution in [2.45, 2.75) is 53.8 Å². The van der Waals surface area contributed by atoms with Crippen molar-refractivity contribution in [3.8, 4) is 0 Å². The van der Waals surface area contributed by atoms with Crippen LogP contribution in [0.4, 0.5) is 0 Å². The third kappa shape index (κ3) is 17.4. The highest BCUT2D eigenvalue weighted by atomic mass is 79.9. The number of allylic oxidation sites excluding steroid dienone is 2. The second-order valence-corrected chi connectivity index (χ2v) is 5.66. The maximum atomic E-state index is 5.65. The van der Waals surface area contributed by atoms with E-state index in [9.17, 15) is 0 Å². The van der Waals surface area contributed by atoms with Gasteiger partial charge in [-0.15, -0.1) is 0 Å². The number of nitrogens with zero attached hydrogens (tertiary/aromatic N) is 1. The van der Waals surface area contributed by atoms with Crippen molar-refractivity contribution in [3.63, 3.8) is 0 Å². The van der Waals surface area contributed by atoms with Gasteiger partial charge in [-0.05, 0) is 41.8 Å². The zero-order valence-electron chi connectivity index (χ0n) is 16.1. The smallest absolute Gasteiger partial charge is 0.0785 e. The van der Waals surface area contributed by atoms with Gasteiger partial charge in [-0.1, -0.05) is 57.2 Å². The summed E-state index contributed by atoms with van der Waals surface area (Å²) in [6, 6.07) is 10.2. The first kappa shape index (κ1) is 25.3. The van der Waals surface area contributed by atoms with Crippen molar-refractivity contribution in [1.82, 2.24) is 0 Å². The highest BCUT2D eigenvalue weighted by Gasteiger charge is 2.02. The van der Waals surface area contributed by atoms with E-state index in [-0.39, 0.29) is 6.10 Å². The molecule has 0 radical (unpaired) electrons.